The Morgan fingerprint density at radius 1 is 1.32 bits per heavy atom. The number of ether oxygens (including phenoxy) is 1. The number of nitrogens with one attached hydrogen (secondary N) is 1. The largest absolute Gasteiger partial charge is 0.490 e. The minimum atomic E-state index is -0.498. The quantitative estimate of drug-likeness (QED) is 0.650. The Labute approximate surface area is 113 Å². The molecule has 4 heteroatoms. The van der Waals surface area contributed by atoms with Crippen molar-refractivity contribution in [2.24, 2.45) is 17.6 Å². The fourth-order valence-corrected chi connectivity index (χ4v) is 2.65. The fourth-order valence-electron chi connectivity index (χ4n) is 2.65. The summed E-state index contributed by atoms with van der Waals surface area (Å²) in [6.07, 6.45) is 3.15. The summed E-state index contributed by atoms with van der Waals surface area (Å²) in [6.45, 7) is 4.47. The van der Waals surface area contributed by atoms with Crippen LogP contribution in [-0.4, -0.2) is 11.9 Å². The highest BCUT2D eigenvalue weighted by molar-refractivity contribution is 5.97. The minimum absolute atomic E-state index is 0.0776. The lowest BCUT2D eigenvalue weighted by atomic mass is 9.80. The average molecular weight is 264 g/mol. The fraction of sp³-hybridized carbons (Fsp3) is 0.533. The molecular formula is C15H21FN2O. The van der Waals surface area contributed by atoms with Gasteiger partial charge in [-0.2, -0.15) is 0 Å². The van der Waals surface area contributed by atoms with Gasteiger partial charge in [0.05, 0.1) is 11.7 Å². The van der Waals surface area contributed by atoms with Crippen LogP contribution in [0.1, 0.15) is 38.7 Å². The number of hydrogen-bond acceptors (Lipinski definition) is 2. The van der Waals surface area contributed by atoms with E-state index < -0.39 is 5.82 Å². The van der Waals surface area contributed by atoms with Crippen LogP contribution < -0.4 is 10.5 Å². The van der Waals surface area contributed by atoms with Crippen LogP contribution in [0.4, 0.5) is 4.39 Å². The van der Waals surface area contributed by atoms with E-state index in [-0.39, 0.29) is 17.5 Å². The zero-order valence-electron chi connectivity index (χ0n) is 11.4. The standard InChI is InChI=1S/C15H21FN2O/c1-9-6-7-11(8-10(9)2)19-13-5-3-4-12(16)14(13)15(17)18/h3-5,9-11H,6-8H2,1-2H3,(H3,17,18). The molecule has 0 amide bonds. The molecule has 19 heavy (non-hydrogen) atoms. The Hall–Kier alpha value is -1.58. The van der Waals surface area contributed by atoms with Crippen LogP contribution in [0.5, 0.6) is 5.75 Å². The number of amidine groups is 1. The molecule has 0 radical (unpaired) electrons. The first-order valence-corrected chi connectivity index (χ1v) is 6.78. The van der Waals surface area contributed by atoms with Gasteiger partial charge in [-0.3, -0.25) is 5.41 Å². The van der Waals surface area contributed by atoms with E-state index >= 15 is 0 Å². The molecular weight excluding hydrogens is 243 g/mol. The van der Waals surface area contributed by atoms with Crippen molar-refractivity contribution in [1.29, 1.82) is 5.41 Å². The molecule has 3 N–H and O–H groups in total. The summed E-state index contributed by atoms with van der Waals surface area (Å²) >= 11 is 0. The lowest BCUT2D eigenvalue weighted by Gasteiger charge is -2.32. The summed E-state index contributed by atoms with van der Waals surface area (Å²) in [4.78, 5) is 0. The minimum Gasteiger partial charge on any atom is -0.490 e. The lowest BCUT2D eigenvalue weighted by molar-refractivity contribution is 0.100. The van der Waals surface area contributed by atoms with E-state index in [9.17, 15) is 4.39 Å². The Kier molecular flexibility index (Phi) is 4.08. The summed E-state index contributed by atoms with van der Waals surface area (Å²) in [5.41, 5.74) is 5.51. The molecule has 1 aliphatic carbocycles. The maximum Gasteiger partial charge on any atom is 0.137 e. The van der Waals surface area contributed by atoms with Crippen molar-refractivity contribution in [2.45, 2.75) is 39.2 Å². The SMILES string of the molecule is CC1CCC(Oc2cccc(F)c2C(=N)N)CC1C. The molecule has 3 unspecified atom stereocenters. The van der Waals surface area contributed by atoms with Crippen molar-refractivity contribution in [2.75, 3.05) is 0 Å². The second-order valence-corrected chi connectivity index (χ2v) is 5.53. The van der Waals surface area contributed by atoms with E-state index in [1.165, 1.54) is 6.07 Å². The monoisotopic (exact) mass is 264 g/mol. The Morgan fingerprint density at radius 3 is 2.68 bits per heavy atom. The number of nitrogen functional groups attached to an aromatic ring is 1. The molecule has 0 aliphatic heterocycles. The lowest BCUT2D eigenvalue weighted by Crippen LogP contribution is -2.29. The second-order valence-electron chi connectivity index (χ2n) is 5.53. The van der Waals surface area contributed by atoms with Gasteiger partial charge in [-0.25, -0.2) is 4.39 Å². The second kappa shape index (κ2) is 5.59. The molecule has 1 saturated carbocycles. The van der Waals surface area contributed by atoms with E-state index in [1.54, 1.807) is 12.1 Å². The van der Waals surface area contributed by atoms with Crippen LogP contribution in [0.15, 0.2) is 18.2 Å². The molecule has 3 atom stereocenters. The third kappa shape index (κ3) is 3.06. The van der Waals surface area contributed by atoms with Crippen LogP contribution in [0.3, 0.4) is 0 Å². The topological polar surface area (TPSA) is 59.1 Å². The van der Waals surface area contributed by atoms with E-state index in [0.29, 0.717) is 17.6 Å². The first kappa shape index (κ1) is 13.8. The highest BCUT2D eigenvalue weighted by atomic mass is 19.1. The van der Waals surface area contributed by atoms with Crippen molar-refractivity contribution in [3.63, 3.8) is 0 Å². The zero-order chi connectivity index (χ0) is 14.0. The van der Waals surface area contributed by atoms with Gasteiger partial charge in [0.2, 0.25) is 0 Å². The molecule has 0 spiro atoms. The number of rotatable bonds is 3. The normalized spacial score (nSPS) is 27.0. The van der Waals surface area contributed by atoms with Gasteiger partial charge in [0.15, 0.2) is 0 Å². The molecule has 3 nitrogen and oxygen atoms in total. The van der Waals surface area contributed by atoms with Crippen LogP contribution in [-0.2, 0) is 0 Å². The molecule has 1 fully saturated rings. The molecule has 0 saturated heterocycles. The summed E-state index contributed by atoms with van der Waals surface area (Å²) in [7, 11) is 0. The highest BCUT2D eigenvalue weighted by Crippen LogP contribution is 2.33. The maximum absolute atomic E-state index is 13.7. The molecule has 1 aromatic carbocycles. The van der Waals surface area contributed by atoms with Gasteiger partial charge in [0, 0.05) is 0 Å². The van der Waals surface area contributed by atoms with Gasteiger partial charge >= 0.3 is 0 Å². The number of nitrogens with two attached hydrogens (primary N) is 1. The molecule has 1 aromatic rings. The predicted octanol–water partition coefficient (Wildman–Crippen LogP) is 3.31. The van der Waals surface area contributed by atoms with Crippen LogP contribution >= 0.6 is 0 Å². The third-order valence-electron chi connectivity index (χ3n) is 4.09. The van der Waals surface area contributed by atoms with E-state index in [4.69, 9.17) is 15.9 Å². The summed E-state index contributed by atoms with van der Waals surface area (Å²) in [6, 6.07) is 4.57. The molecule has 0 bridgehead atoms. The van der Waals surface area contributed by atoms with E-state index in [0.717, 1.165) is 19.3 Å². The van der Waals surface area contributed by atoms with Crippen LogP contribution in [0, 0.1) is 23.1 Å². The first-order valence-electron chi connectivity index (χ1n) is 6.78. The Balaban J connectivity index is 2.15. The van der Waals surface area contributed by atoms with Gasteiger partial charge in [-0.05, 0) is 43.2 Å². The number of halogens is 1. The Morgan fingerprint density at radius 2 is 2.05 bits per heavy atom. The molecule has 104 valence electrons. The smallest absolute Gasteiger partial charge is 0.137 e. The molecule has 1 aliphatic rings. The summed E-state index contributed by atoms with van der Waals surface area (Å²) in [5, 5.41) is 7.46. The average Bonchev–Trinajstić information content (AvgIpc) is 2.33. The van der Waals surface area contributed by atoms with Crippen LogP contribution in [0.2, 0.25) is 0 Å². The van der Waals surface area contributed by atoms with Crippen molar-refractivity contribution in [1.82, 2.24) is 0 Å². The molecule has 0 heterocycles. The van der Waals surface area contributed by atoms with Gasteiger partial charge < -0.3 is 10.5 Å². The maximum atomic E-state index is 13.7. The van der Waals surface area contributed by atoms with Crippen LogP contribution in [0.25, 0.3) is 0 Å². The highest BCUT2D eigenvalue weighted by Gasteiger charge is 2.26. The Bertz CT molecular complexity index is 475. The third-order valence-corrected chi connectivity index (χ3v) is 4.09. The zero-order valence-corrected chi connectivity index (χ0v) is 11.4. The summed E-state index contributed by atoms with van der Waals surface area (Å²) < 4.78 is 19.6. The number of hydrogen-bond donors (Lipinski definition) is 2. The molecule has 2 rings (SSSR count). The van der Waals surface area contributed by atoms with Gasteiger partial charge in [0.25, 0.3) is 0 Å². The van der Waals surface area contributed by atoms with Crippen molar-refractivity contribution in [3.05, 3.63) is 29.6 Å². The van der Waals surface area contributed by atoms with Gasteiger partial charge in [-0.1, -0.05) is 19.9 Å². The van der Waals surface area contributed by atoms with E-state index in [1.807, 2.05) is 0 Å². The predicted molar refractivity (Wildman–Crippen MR) is 74.0 cm³/mol. The van der Waals surface area contributed by atoms with Crippen molar-refractivity contribution < 1.29 is 9.13 Å². The van der Waals surface area contributed by atoms with Crippen molar-refractivity contribution in [3.8, 4) is 5.75 Å². The van der Waals surface area contributed by atoms with Crippen molar-refractivity contribution >= 4 is 5.84 Å². The molecule has 0 aromatic heterocycles. The summed E-state index contributed by atoms with van der Waals surface area (Å²) in [5.74, 6) is 0.916. The number of benzene rings is 1. The van der Waals surface area contributed by atoms with Gasteiger partial charge in [-0.15, -0.1) is 0 Å². The van der Waals surface area contributed by atoms with Gasteiger partial charge in [0.1, 0.15) is 17.4 Å². The first-order chi connectivity index (χ1) is 8.99. The van der Waals surface area contributed by atoms with E-state index in [2.05, 4.69) is 13.8 Å².